The molecular weight excluding hydrogens is 190 g/mol. The van der Waals surface area contributed by atoms with Gasteiger partial charge in [0.2, 0.25) is 0 Å². The van der Waals surface area contributed by atoms with Gasteiger partial charge in [0, 0.05) is 10.1 Å². The molecule has 0 spiro atoms. The van der Waals surface area contributed by atoms with Crippen molar-refractivity contribution in [3.8, 4) is 0 Å². The second kappa shape index (κ2) is 4.37. The van der Waals surface area contributed by atoms with E-state index in [4.69, 9.17) is 5.73 Å². The number of benzene rings is 1. The molecule has 0 aliphatic carbocycles. The smallest absolute Gasteiger partial charge is 0.0139 e. The second-order valence-electron chi connectivity index (χ2n) is 3.93. The topological polar surface area (TPSA) is 26.0 Å². The van der Waals surface area contributed by atoms with Gasteiger partial charge in [-0.15, -0.1) is 11.8 Å². The Kier molecular flexibility index (Phi) is 3.14. The maximum Gasteiger partial charge on any atom is 0.0139 e. The number of rotatable bonds is 3. The van der Waals surface area contributed by atoms with Gasteiger partial charge in [-0.1, -0.05) is 25.1 Å². The number of hydrogen-bond donors (Lipinski definition) is 1. The van der Waals surface area contributed by atoms with Gasteiger partial charge in [-0.05, 0) is 36.9 Å². The average molecular weight is 207 g/mol. The van der Waals surface area contributed by atoms with Crippen molar-refractivity contribution < 1.29 is 0 Å². The Morgan fingerprint density at radius 1 is 1.50 bits per heavy atom. The van der Waals surface area contributed by atoms with E-state index in [1.54, 1.807) is 0 Å². The van der Waals surface area contributed by atoms with E-state index in [1.165, 1.54) is 22.4 Å². The molecule has 1 heterocycles. The maximum absolute atomic E-state index is 5.54. The lowest BCUT2D eigenvalue weighted by atomic mass is 10.0. The zero-order chi connectivity index (χ0) is 9.97. The van der Waals surface area contributed by atoms with Crippen LogP contribution in [0, 0.1) is 0 Å². The van der Waals surface area contributed by atoms with Gasteiger partial charge in [-0.3, -0.25) is 0 Å². The lowest BCUT2D eigenvalue weighted by molar-refractivity contribution is 0.817. The van der Waals surface area contributed by atoms with Crippen LogP contribution in [0.4, 0.5) is 0 Å². The molecule has 1 aliphatic heterocycles. The summed E-state index contributed by atoms with van der Waals surface area (Å²) in [5.74, 6) is 0. The van der Waals surface area contributed by atoms with E-state index < -0.39 is 0 Å². The Morgan fingerprint density at radius 3 is 3.14 bits per heavy atom. The molecule has 0 radical (unpaired) electrons. The largest absolute Gasteiger partial charge is 0.330 e. The molecule has 0 saturated carbocycles. The van der Waals surface area contributed by atoms with E-state index in [2.05, 4.69) is 25.1 Å². The SMILES string of the molecule is CC1Cc2cccc(CCCN)c2S1. The van der Waals surface area contributed by atoms with Crippen molar-refractivity contribution in [2.24, 2.45) is 5.73 Å². The van der Waals surface area contributed by atoms with Gasteiger partial charge in [0.15, 0.2) is 0 Å². The number of aryl methyl sites for hydroxylation is 1. The van der Waals surface area contributed by atoms with Crippen LogP contribution in [0.25, 0.3) is 0 Å². The van der Waals surface area contributed by atoms with Crippen molar-refractivity contribution >= 4 is 11.8 Å². The normalized spacial score (nSPS) is 19.7. The molecule has 1 aromatic rings. The molecule has 1 unspecified atom stereocenters. The average Bonchev–Trinajstić information content (AvgIpc) is 2.55. The zero-order valence-corrected chi connectivity index (χ0v) is 9.44. The van der Waals surface area contributed by atoms with Gasteiger partial charge in [-0.2, -0.15) is 0 Å². The van der Waals surface area contributed by atoms with Gasteiger partial charge in [0.1, 0.15) is 0 Å². The first-order chi connectivity index (χ1) is 6.81. The van der Waals surface area contributed by atoms with Crippen molar-refractivity contribution in [3.05, 3.63) is 29.3 Å². The first-order valence-corrected chi connectivity index (χ1v) is 6.16. The summed E-state index contributed by atoms with van der Waals surface area (Å²) in [6, 6.07) is 6.70. The van der Waals surface area contributed by atoms with Crippen molar-refractivity contribution in [3.63, 3.8) is 0 Å². The summed E-state index contributed by atoms with van der Waals surface area (Å²) in [7, 11) is 0. The summed E-state index contributed by atoms with van der Waals surface area (Å²) in [6.45, 7) is 3.10. The fraction of sp³-hybridized carbons (Fsp3) is 0.500. The minimum Gasteiger partial charge on any atom is -0.330 e. The number of hydrogen-bond acceptors (Lipinski definition) is 2. The predicted molar refractivity (Wildman–Crippen MR) is 62.8 cm³/mol. The van der Waals surface area contributed by atoms with Gasteiger partial charge in [0.25, 0.3) is 0 Å². The second-order valence-corrected chi connectivity index (χ2v) is 5.38. The summed E-state index contributed by atoms with van der Waals surface area (Å²) in [4.78, 5) is 1.54. The van der Waals surface area contributed by atoms with E-state index in [9.17, 15) is 0 Å². The third-order valence-electron chi connectivity index (χ3n) is 2.65. The summed E-state index contributed by atoms with van der Waals surface area (Å²) >= 11 is 2.03. The van der Waals surface area contributed by atoms with E-state index in [0.717, 1.165) is 24.6 Å². The summed E-state index contributed by atoms with van der Waals surface area (Å²) < 4.78 is 0. The van der Waals surface area contributed by atoms with Crippen molar-refractivity contribution in [1.29, 1.82) is 0 Å². The van der Waals surface area contributed by atoms with Crippen LogP contribution in [0.2, 0.25) is 0 Å². The molecule has 0 bridgehead atoms. The lowest BCUT2D eigenvalue weighted by Gasteiger charge is -2.06. The molecule has 0 saturated heterocycles. The fourth-order valence-electron chi connectivity index (χ4n) is 1.99. The molecule has 76 valence electrons. The highest BCUT2D eigenvalue weighted by Crippen LogP contribution is 2.39. The van der Waals surface area contributed by atoms with E-state index in [-0.39, 0.29) is 0 Å². The molecule has 1 aliphatic rings. The molecule has 1 atom stereocenters. The van der Waals surface area contributed by atoms with E-state index in [0.29, 0.717) is 0 Å². The van der Waals surface area contributed by atoms with Crippen molar-refractivity contribution in [1.82, 2.24) is 0 Å². The molecule has 0 aromatic heterocycles. The van der Waals surface area contributed by atoms with Gasteiger partial charge in [-0.25, -0.2) is 0 Å². The minimum atomic E-state index is 0.754. The van der Waals surface area contributed by atoms with Crippen LogP contribution in [0.3, 0.4) is 0 Å². The van der Waals surface area contributed by atoms with Crippen LogP contribution in [-0.4, -0.2) is 11.8 Å². The number of nitrogens with two attached hydrogens (primary N) is 1. The Labute approximate surface area is 90.1 Å². The Balaban J connectivity index is 2.21. The first-order valence-electron chi connectivity index (χ1n) is 5.28. The van der Waals surface area contributed by atoms with Gasteiger partial charge >= 0.3 is 0 Å². The molecule has 2 N–H and O–H groups in total. The Hall–Kier alpha value is -0.470. The highest BCUT2D eigenvalue weighted by atomic mass is 32.2. The summed E-state index contributed by atoms with van der Waals surface area (Å²) in [5, 5.41) is 0.754. The Morgan fingerprint density at radius 2 is 2.36 bits per heavy atom. The quantitative estimate of drug-likeness (QED) is 0.824. The Bertz CT molecular complexity index is 322. The first kappa shape index (κ1) is 10.1. The van der Waals surface area contributed by atoms with Crippen LogP contribution in [0.5, 0.6) is 0 Å². The third kappa shape index (κ3) is 1.96. The summed E-state index contributed by atoms with van der Waals surface area (Å²) in [6.07, 6.45) is 3.47. The zero-order valence-electron chi connectivity index (χ0n) is 8.62. The minimum absolute atomic E-state index is 0.754. The molecule has 0 fully saturated rings. The number of thioether (sulfide) groups is 1. The number of fused-ring (bicyclic) bond motifs is 1. The highest BCUT2D eigenvalue weighted by molar-refractivity contribution is 8.00. The molecule has 1 aromatic carbocycles. The van der Waals surface area contributed by atoms with Crippen LogP contribution in [0.15, 0.2) is 23.1 Å². The lowest BCUT2D eigenvalue weighted by Crippen LogP contribution is -2.01. The van der Waals surface area contributed by atoms with Crippen LogP contribution < -0.4 is 5.73 Å². The molecule has 0 amide bonds. The van der Waals surface area contributed by atoms with Crippen LogP contribution in [-0.2, 0) is 12.8 Å². The van der Waals surface area contributed by atoms with Gasteiger partial charge < -0.3 is 5.73 Å². The van der Waals surface area contributed by atoms with Gasteiger partial charge in [0.05, 0.1) is 0 Å². The monoisotopic (exact) mass is 207 g/mol. The predicted octanol–water partition coefficient (Wildman–Crippen LogP) is 2.61. The van der Waals surface area contributed by atoms with Crippen molar-refractivity contribution in [2.75, 3.05) is 6.54 Å². The highest BCUT2D eigenvalue weighted by Gasteiger charge is 2.20. The van der Waals surface area contributed by atoms with Crippen LogP contribution in [0.1, 0.15) is 24.5 Å². The summed E-state index contributed by atoms with van der Waals surface area (Å²) in [5.41, 5.74) is 8.58. The van der Waals surface area contributed by atoms with Crippen LogP contribution >= 0.6 is 11.8 Å². The maximum atomic E-state index is 5.54. The fourth-order valence-corrected chi connectivity index (χ4v) is 3.28. The standard InChI is InChI=1S/C12H17NS/c1-9-8-11-5-2-4-10(6-3-7-13)12(11)14-9/h2,4-5,9H,3,6-8,13H2,1H3. The van der Waals surface area contributed by atoms with E-state index >= 15 is 0 Å². The molecule has 2 rings (SSSR count). The molecule has 2 heteroatoms. The molecule has 1 nitrogen and oxygen atoms in total. The molecule has 14 heavy (non-hydrogen) atoms. The molecular formula is C12H17NS. The third-order valence-corrected chi connectivity index (χ3v) is 3.98. The van der Waals surface area contributed by atoms with Crippen molar-refractivity contribution in [2.45, 2.75) is 36.3 Å². The van der Waals surface area contributed by atoms with E-state index in [1.807, 2.05) is 11.8 Å².